The first-order valence-electron chi connectivity index (χ1n) is 8.05. The zero-order valence-electron chi connectivity index (χ0n) is 14.8. The molecule has 1 aromatic heterocycles. The molecule has 1 N–H and O–H groups in total. The van der Waals surface area contributed by atoms with Crippen molar-refractivity contribution >= 4 is 16.9 Å². The molecule has 5 nitrogen and oxygen atoms in total. The topological polar surface area (TPSA) is 60.7 Å². The largest absolute Gasteiger partial charge is 0.496 e. The summed E-state index contributed by atoms with van der Waals surface area (Å²) in [7, 11) is 3.14. The van der Waals surface area contributed by atoms with Gasteiger partial charge in [0.1, 0.15) is 22.8 Å². The smallest absolute Gasteiger partial charge is 0.252 e. The Balaban J connectivity index is 1.83. The fourth-order valence-electron chi connectivity index (χ4n) is 2.78. The molecule has 3 aromatic rings. The Morgan fingerprint density at radius 1 is 1.08 bits per heavy atom. The summed E-state index contributed by atoms with van der Waals surface area (Å²) in [5.74, 6) is 1.71. The predicted octanol–water partition coefficient (Wildman–Crippen LogP) is 4.25. The Kier molecular flexibility index (Phi) is 4.65. The highest BCUT2D eigenvalue weighted by molar-refractivity contribution is 5.95. The van der Waals surface area contributed by atoms with Crippen LogP contribution in [-0.4, -0.2) is 20.1 Å². The van der Waals surface area contributed by atoms with Crippen LogP contribution in [0, 0.1) is 6.92 Å². The molecule has 2 aromatic carbocycles. The quantitative estimate of drug-likeness (QED) is 0.755. The first kappa shape index (κ1) is 16.9. The van der Waals surface area contributed by atoms with E-state index in [1.54, 1.807) is 26.4 Å². The minimum absolute atomic E-state index is 0.218. The number of methoxy groups -OCH3 is 2. The van der Waals surface area contributed by atoms with Crippen molar-refractivity contribution in [3.63, 3.8) is 0 Å². The molecule has 1 atom stereocenters. The van der Waals surface area contributed by atoms with Gasteiger partial charge in [-0.15, -0.1) is 0 Å². The van der Waals surface area contributed by atoms with Crippen molar-refractivity contribution in [3.8, 4) is 11.5 Å². The van der Waals surface area contributed by atoms with Gasteiger partial charge < -0.3 is 19.2 Å². The highest BCUT2D eigenvalue weighted by atomic mass is 16.5. The molecule has 1 unspecified atom stereocenters. The maximum absolute atomic E-state index is 12.6. The van der Waals surface area contributed by atoms with E-state index >= 15 is 0 Å². The van der Waals surface area contributed by atoms with Gasteiger partial charge in [-0.25, -0.2) is 0 Å². The monoisotopic (exact) mass is 339 g/mol. The van der Waals surface area contributed by atoms with E-state index in [0.29, 0.717) is 22.8 Å². The number of fused-ring (bicyclic) bond motifs is 1. The number of carbonyl (C=O) groups is 1. The van der Waals surface area contributed by atoms with E-state index in [2.05, 4.69) is 5.32 Å². The summed E-state index contributed by atoms with van der Waals surface area (Å²) in [6.07, 6.45) is 0. The first-order chi connectivity index (χ1) is 12.0. The second kappa shape index (κ2) is 6.89. The molecule has 0 aliphatic rings. The van der Waals surface area contributed by atoms with E-state index in [4.69, 9.17) is 13.9 Å². The van der Waals surface area contributed by atoms with Crippen LogP contribution in [0.1, 0.15) is 34.6 Å². The van der Waals surface area contributed by atoms with Gasteiger partial charge in [0.05, 0.1) is 20.3 Å². The van der Waals surface area contributed by atoms with Crippen LogP contribution in [0.2, 0.25) is 0 Å². The van der Waals surface area contributed by atoms with E-state index in [1.165, 1.54) is 0 Å². The van der Waals surface area contributed by atoms with E-state index in [9.17, 15) is 4.79 Å². The van der Waals surface area contributed by atoms with E-state index in [1.807, 2.05) is 44.2 Å². The fraction of sp³-hybridized carbons (Fsp3) is 0.250. The third kappa shape index (κ3) is 3.31. The lowest BCUT2D eigenvalue weighted by molar-refractivity contribution is 0.0935. The van der Waals surface area contributed by atoms with Gasteiger partial charge in [-0.1, -0.05) is 18.2 Å². The van der Waals surface area contributed by atoms with Crippen molar-refractivity contribution in [2.45, 2.75) is 19.9 Å². The molecular formula is C20H21NO4. The highest BCUT2D eigenvalue weighted by Gasteiger charge is 2.18. The Bertz CT molecular complexity index is 855. The van der Waals surface area contributed by atoms with Crippen molar-refractivity contribution in [3.05, 3.63) is 59.4 Å². The van der Waals surface area contributed by atoms with Crippen LogP contribution in [0.3, 0.4) is 0 Å². The minimum Gasteiger partial charge on any atom is -0.496 e. The molecule has 0 saturated heterocycles. The summed E-state index contributed by atoms with van der Waals surface area (Å²) >= 11 is 0. The van der Waals surface area contributed by atoms with Crippen LogP contribution < -0.4 is 14.8 Å². The molecule has 0 saturated carbocycles. The first-order valence-corrected chi connectivity index (χ1v) is 8.05. The summed E-state index contributed by atoms with van der Waals surface area (Å²) in [4.78, 5) is 12.6. The number of benzene rings is 2. The van der Waals surface area contributed by atoms with Crippen LogP contribution in [0.25, 0.3) is 11.0 Å². The zero-order valence-corrected chi connectivity index (χ0v) is 14.8. The second-order valence-corrected chi connectivity index (χ2v) is 5.89. The van der Waals surface area contributed by atoms with Gasteiger partial charge in [0.15, 0.2) is 0 Å². The molecule has 0 radical (unpaired) electrons. The number of ether oxygens (including phenoxy) is 2. The van der Waals surface area contributed by atoms with Gasteiger partial charge >= 0.3 is 0 Å². The van der Waals surface area contributed by atoms with Crippen molar-refractivity contribution in [2.75, 3.05) is 14.2 Å². The van der Waals surface area contributed by atoms with Crippen molar-refractivity contribution in [1.29, 1.82) is 0 Å². The molecule has 130 valence electrons. The van der Waals surface area contributed by atoms with Crippen LogP contribution in [0.4, 0.5) is 0 Å². The molecule has 0 aliphatic heterocycles. The number of nitrogens with one attached hydrogen (secondary N) is 1. The summed E-state index contributed by atoms with van der Waals surface area (Å²) in [5, 5.41) is 3.96. The fourth-order valence-corrected chi connectivity index (χ4v) is 2.78. The number of furan rings is 1. The van der Waals surface area contributed by atoms with Crippen LogP contribution in [0.5, 0.6) is 11.5 Å². The Morgan fingerprint density at radius 2 is 1.72 bits per heavy atom. The number of hydrogen-bond acceptors (Lipinski definition) is 4. The lowest BCUT2D eigenvalue weighted by Crippen LogP contribution is -2.26. The standard InChI is InChI=1S/C20H21NO4/c1-12-17(23-3)10-15(11-18(12)24-4)20(22)21-13(2)19-9-14-7-5-6-8-16(14)25-19/h5-11,13H,1-4H3,(H,21,22). The second-order valence-electron chi connectivity index (χ2n) is 5.89. The Morgan fingerprint density at radius 3 is 2.32 bits per heavy atom. The molecule has 1 heterocycles. The van der Waals surface area contributed by atoms with Crippen LogP contribution in [-0.2, 0) is 0 Å². The van der Waals surface area contributed by atoms with Gasteiger partial charge in [0.25, 0.3) is 5.91 Å². The number of rotatable bonds is 5. The lowest BCUT2D eigenvalue weighted by Gasteiger charge is -2.15. The average Bonchev–Trinajstić information content (AvgIpc) is 3.06. The summed E-state index contributed by atoms with van der Waals surface area (Å²) < 4.78 is 16.5. The SMILES string of the molecule is COc1cc(C(=O)NC(C)c2cc3ccccc3o2)cc(OC)c1C. The molecule has 0 bridgehead atoms. The van der Waals surface area contributed by atoms with E-state index < -0.39 is 0 Å². The molecule has 5 heteroatoms. The normalized spacial score (nSPS) is 12.0. The third-order valence-electron chi connectivity index (χ3n) is 4.23. The molecule has 0 spiro atoms. The summed E-state index contributed by atoms with van der Waals surface area (Å²) in [5.41, 5.74) is 2.13. The Hall–Kier alpha value is -2.95. The van der Waals surface area contributed by atoms with Crippen LogP contribution in [0.15, 0.2) is 46.9 Å². The number of para-hydroxylation sites is 1. The summed E-state index contributed by atoms with van der Waals surface area (Å²) in [6, 6.07) is 12.8. The van der Waals surface area contributed by atoms with Crippen LogP contribution >= 0.6 is 0 Å². The maximum Gasteiger partial charge on any atom is 0.252 e. The molecule has 1 amide bonds. The maximum atomic E-state index is 12.6. The molecule has 0 aliphatic carbocycles. The average molecular weight is 339 g/mol. The van der Waals surface area contributed by atoms with E-state index in [-0.39, 0.29) is 11.9 Å². The van der Waals surface area contributed by atoms with Crippen molar-refractivity contribution in [1.82, 2.24) is 5.32 Å². The highest BCUT2D eigenvalue weighted by Crippen LogP contribution is 2.30. The van der Waals surface area contributed by atoms with Crippen molar-refractivity contribution in [2.24, 2.45) is 0 Å². The van der Waals surface area contributed by atoms with Gasteiger partial charge in [0.2, 0.25) is 0 Å². The van der Waals surface area contributed by atoms with Crippen molar-refractivity contribution < 1.29 is 18.7 Å². The lowest BCUT2D eigenvalue weighted by atomic mass is 10.1. The molecule has 0 fully saturated rings. The predicted molar refractivity (Wildman–Crippen MR) is 96.4 cm³/mol. The number of amides is 1. The number of carbonyl (C=O) groups excluding carboxylic acids is 1. The summed E-state index contributed by atoms with van der Waals surface area (Å²) in [6.45, 7) is 3.77. The molecular weight excluding hydrogens is 318 g/mol. The van der Waals surface area contributed by atoms with Gasteiger partial charge in [-0.3, -0.25) is 4.79 Å². The number of hydrogen-bond donors (Lipinski definition) is 1. The van der Waals surface area contributed by atoms with Gasteiger partial charge in [-0.2, -0.15) is 0 Å². The third-order valence-corrected chi connectivity index (χ3v) is 4.23. The van der Waals surface area contributed by atoms with E-state index in [0.717, 1.165) is 16.5 Å². The minimum atomic E-state index is -0.266. The van der Waals surface area contributed by atoms with Gasteiger partial charge in [-0.05, 0) is 38.1 Å². The molecule has 25 heavy (non-hydrogen) atoms. The molecule has 3 rings (SSSR count). The zero-order chi connectivity index (χ0) is 18.0. The van der Waals surface area contributed by atoms with Gasteiger partial charge in [0, 0.05) is 16.5 Å². The Labute approximate surface area is 146 Å².